The zero-order valence-electron chi connectivity index (χ0n) is 8.57. The molecule has 1 aliphatic heterocycles. The Hall–Kier alpha value is -1.55. The lowest BCUT2D eigenvalue weighted by Gasteiger charge is -2.15. The van der Waals surface area contributed by atoms with E-state index in [0.29, 0.717) is 17.9 Å². The van der Waals surface area contributed by atoms with Gasteiger partial charge in [0, 0.05) is 23.6 Å². The van der Waals surface area contributed by atoms with Gasteiger partial charge < -0.3 is 5.32 Å². The van der Waals surface area contributed by atoms with Gasteiger partial charge >= 0.3 is 0 Å². The van der Waals surface area contributed by atoms with Crippen LogP contribution in [0, 0.1) is 0 Å². The van der Waals surface area contributed by atoms with Crippen molar-refractivity contribution in [3.63, 3.8) is 0 Å². The van der Waals surface area contributed by atoms with Crippen molar-refractivity contribution in [3.05, 3.63) is 29.3 Å². The molecule has 1 aromatic carbocycles. The summed E-state index contributed by atoms with van der Waals surface area (Å²) in [6.07, 6.45) is 0.641. The summed E-state index contributed by atoms with van der Waals surface area (Å²) in [5, 5.41) is 3.65. The highest BCUT2D eigenvalue weighted by Gasteiger charge is 2.28. The van der Waals surface area contributed by atoms with E-state index in [-0.39, 0.29) is 18.5 Å². The van der Waals surface area contributed by atoms with Crippen LogP contribution in [0.4, 0.5) is 5.69 Å². The Morgan fingerprint density at radius 2 is 1.69 bits per heavy atom. The molecule has 4 nitrogen and oxygen atoms in total. The number of likely N-dealkylation sites (tertiary alicyclic amines) is 1. The van der Waals surface area contributed by atoms with E-state index < -0.39 is 0 Å². The summed E-state index contributed by atoms with van der Waals surface area (Å²) in [4.78, 5) is 23.8. The molecule has 16 heavy (non-hydrogen) atoms. The van der Waals surface area contributed by atoms with Crippen LogP contribution in [0.3, 0.4) is 0 Å². The number of carbonyl (C=O) groups excluding carboxylic acids is 2. The van der Waals surface area contributed by atoms with E-state index in [1.165, 1.54) is 4.90 Å². The predicted octanol–water partition coefficient (Wildman–Crippen LogP) is 1.86. The fraction of sp³-hybridized carbons (Fsp3) is 0.273. The van der Waals surface area contributed by atoms with Crippen LogP contribution in [0.25, 0.3) is 0 Å². The maximum absolute atomic E-state index is 11.3. The van der Waals surface area contributed by atoms with E-state index >= 15 is 0 Å². The van der Waals surface area contributed by atoms with Crippen LogP contribution in [-0.2, 0) is 9.59 Å². The molecule has 0 aromatic heterocycles. The van der Waals surface area contributed by atoms with Crippen molar-refractivity contribution in [2.45, 2.75) is 12.8 Å². The Bertz CT molecular complexity index is 400. The molecule has 0 aliphatic carbocycles. The van der Waals surface area contributed by atoms with E-state index in [1.54, 1.807) is 24.3 Å². The van der Waals surface area contributed by atoms with E-state index in [9.17, 15) is 9.59 Å². The van der Waals surface area contributed by atoms with E-state index in [1.807, 2.05) is 0 Å². The van der Waals surface area contributed by atoms with Crippen LogP contribution in [0.2, 0.25) is 5.02 Å². The SMILES string of the molecule is O=C1CCC(=O)N1CNc1ccc(Cl)cc1. The summed E-state index contributed by atoms with van der Waals surface area (Å²) in [6.45, 7) is 0.222. The third-order valence-corrected chi connectivity index (χ3v) is 2.69. The molecule has 2 amide bonds. The van der Waals surface area contributed by atoms with Crippen LogP contribution >= 0.6 is 11.6 Å². The summed E-state index contributed by atoms with van der Waals surface area (Å²) in [5.41, 5.74) is 0.830. The van der Waals surface area contributed by atoms with E-state index in [0.717, 1.165) is 5.69 Å². The molecular weight excluding hydrogens is 228 g/mol. The van der Waals surface area contributed by atoms with Crippen LogP contribution < -0.4 is 5.32 Å². The molecule has 0 spiro atoms. The smallest absolute Gasteiger partial charge is 0.231 e. The van der Waals surface area contributed by atoms with Crippen molar-refractivity contribution in [3.8, 4) is 0 Å². The number of halogens is 1. The Morgan fingerprint density at radius 3 is 2.25 bits per heavy atom. The maximum atomic E-state index is 11.3. The molecule has 2 rings (SSSR count). The second-order valence-electron chi connectivity index (χ2n) is 3.56. The van der Waals surface area contributed by atoms with E-state index in [4.69, 9.17) is 11.6 Å². The topological polar surface area (TPSA) is 49.4 Å². The summed E-state index contributed by atoms with van der Waals surface area (Å²) in [7, 11) is 0. The Morgan fingerprint density at radius 1 is 1.12 bits per heavy atom. The number of nitrogens with one attached hydrogen (secondary N) is 1. The minimum atomic E-state index is -0.119. The van der Waals surface area contributed by atoms with E-state index in [2.05, 4.69) is 5.32 Å². The average Bonchev–Trinajstić information content (AvgIpc) is 2.59. The standard InChI is InChI=1S/C11H11ClN2O2/c12-8-1-3-9(4-2-8)13-7-14-10(15)5-6-11(14)16/h1-4,13H,5-7H2. The van der Waals surface area contributed by atoms with Crippen LogP contribution in [0.5, 0.6) is 0 Å². The van der Waals surface area contributed by atoms with Gasteiger partial charge in [0.25, 0.3) is 0 Å². The van der Waals surface area contributed by atoms with Gasteiger partial charge in [0.05, 0.1) is 6.67 Å². The second-order valence-corrected chi connectivity index (χ2v) is 3.99. The summed E-state index contributed by atoms with van der Waals surface area (Å²) < 4.78 is 0. The van der Waals surface area contributed by atoms with Gasteiger partial charge in [0.15, 0.2) is 0 Å². The lowest BCUT2D eigenvalue weighted by atomic mass is 10.3. The van der Waals surface area contributed by atoms with Crippen LogP contribution in [0.1, 0.15) is 12.8 Å². The molecule has 1 saturated heterocycles. The normalized spacial score (nSPS) is 15.7. The maximum Gasteiger partial charge on any atom is 0.231 e. The first-order valence-corrected chi connectivity index (χ1v) is 5.37. The average molecular weight is 239 g/mol. The third-order valence-electron chi connectivity index (χ3n) is 2.44. The molecular formula is C11H11ClN2O2. The molecule has 1 aromatic rings. The third kappa shape index (κ3) is 2.33. The largest absolute Gasteiger partial charge is 0.367 e. The number of carbonyl (C=O) groups is 2. The number of hydrogen-bond acceptors (Lipinski definition) is 3. The molecule has 84 valence electrons. The zero-order valence-corrected chi connectivity index (χ0v) is 9.33. The van der Waals surface area contributed by atoms with Crippen molar-refractivity contribution >= 4 is 29.1 Å². The first-order chi connectivity index (χ1) is 7.66. The van der Waals surface area contributed by atoms with Crippen molar-refractivity contribution in [2.24, 2.45) is 0 Å². The number of hydrogen-bond donors (Lipinski definition) is 1. The first-order valence-electron chi connectivity index (χ1n) is 4.99. The van der Waals surface area contributed by atoms with Gasteiger partial charge in [-0.15, -0.1) is 0 Å². The van der Waals surface area contributed by atoms with Crippen LogP contribution in [0.15, 0.2) is 24.3 Å². The monoisotopic (exact) mass is 238 g/mol. The summed E-state index contributed by atoms with van der Waals surface area (Å²) >= 11 is 5.74. The molecule has 0 radical (unpaired) electrons. The Labute approximate surface area is 98.2 Å². The zero-order chi connectivity index (χ0) is 11.5. The van der Waals surface area contributed by atoms with Crippen molar-refractivity contribution in [1.29, 1.82) is 0 Å². The number of benzene rings is 1. The lowest BCUT2D eigenvalue weighted by Crippen LogP contribution is -2.33. The van der Waals surface area contributed by atoms with Crippen molar-refractivity contribution in [1.82, 2.24) is 4.90 Å². The lowest BCUT2D eigenvalue weighted by molar-refractivity contribution is -0.137. The number of nitrogens with zero attached hydrogens (tertiary/aromatic N) is 1. The fourth-order valence-electron chi connectivity index (χ4n) is 1.54. The molecule has 0 bridgehead atoms. The van der Waals surface area contributed by atoms with Gasteiger partial charge in [-0.2, -0.15) is 0 Å². The van der Waals surface area contributed by atoms with Gasteiger partial charge in [-0.05, 0) is 24.3 Å². The van der Waals surface area contributed by atoms with Gasteiger partial charge in [0.1, 0.15) is 0 Å². The molecule has 0 unspecified atom stereocenters. The predicted molar refractivity (Wildman–Crippen MR) is 61.0 cm³/mol. The van der Waals surface area contributed by atoms with Crippen molar-refractivity contribution < 1.29 is 9.59 Å². The quantitative estimate of drug-likeness (QED) is 0.818. The Balaban J connectivity index is 1.94. The molecule has 1 heterocycles. The number of amides is 2. The molecule has 5 heteroatoms. The van der Waals surface area contributed by atoms with Crippen molar-refractivity contribution in [2.75, 3.05) is 12.0 Å². The first kappa shape index (κ1) is 11.0. The molecule has 0 saturated carbocycles. The Kier molecular flexibility index (Phi) is 3.10. The molecule has 1 N–H and O–H groups in total. The molecule has 0 atom stereocenters. The van der Waals surface area contributed by atoms with Gasteiger partial charge in [0.2, 0.25) is 11.8 Å². The molecule has 1 fully saturated rings. The fourth-order valence-corrected chi connectivity index (χ4v) is 1.66. The molecule has 1 aliphatic rings. The second kappa shape index (κ2) is 4.53. The minimum absolute atomic E-state index is 0.119. The minimum Gasteiger partial charge on any atom is -0.367 e. The highest BCUT2D eigenvalue weighted by Crippen LogP contribution is 2.15. The highest BCUT2D eigenvalue weighted by molar-refractivity contribution is 6.30. The highest BCUT2D eigenvalue weighted by atomic mass is 35.5. The number of imide groups is 1. The van der Waals surface area contributed by atoms with Crippen LogP contribution in [-0.4, -0.2) is 23.4 Å². The van der Waals surface area contributed by atoms with Gasteiger partial charge in [-0.1, -0.05) is 11.6 Å². The summed E-state index contributed by atoms with van der Waals surface area (Å²) in [6, 6.07) is 7.09. The number of anilines is 1. The van der Waals surface area contributed by atoms with Gasteiger partial charge in [-0.3, -0.25) is 14.5 Å². The summed E-state index contributed by atoms with van der Waals surface area (Å²) in [5.74, 6) is -0.238. The number of rotatable bonds is 3. The van der Waals surface area contributed by atoms with Gasteiger partial charge in [-0.25, -0.2) is 0 Å².